The quantitative estimate of drug-likeness (QED) is 0.776. The molecular weight excluding hydrogens is 386 g/mol. The lowest BCUT2D eigenvalue weighted by Crippen LogP contribution is -2.33. The van der Waals surface area contributed by atoms with E-state index in [0.717, 1.165) is 23.3 Å². The summed E-state index contributed by atoms with van der Waals surface area (Å²) in [6.07, 6.45) is 1.73. The molecule has 2 aromatic carbocycles. The van der Waals surface area contributed by atoms with Gasteiger partial charge in [0.05, 0.1) is 23.1 Å². The predicted octanol–water partition coefficient (Wildman–Crippen LogP) is 4.00. The van der Waals surface area contributed by atoms with E-state index in [-0.39, 0.29) is 40.7 Å². The van der Waals surface area contributed by atoms with Gasteiger partial charge in [-0.1, -0.05) is 29.8 Å². The number of hydrogen-bond donors (Lipinski definition) is 1. The summed E-state index contributed by atoms with van der Waals surface area (Å²) in [6.45, 7) is 1.98. The number of anilines is 1. The van der Waals surface area contributed by atoms with Gasteiger partial charge in [0.25, 0.3) is 0 Å². The molecule has 5 nitrogen and oxygen atoms in total. The van der Waals surface area contributed by atoms with Gasteiger partial charge >= 0.3 is 5.97 Å². The van der Waals surface area contributed by atoms with E-state index in [9.17, 15) is 19.5 Å². The third-order valence-corrected chi connectivity index (χ3v) is 8.10. The molecule has 1 N–H and O–H groups in total. The minimum Gasteiger partial charge on any atom is -0.478 e. The second kappa shape index (κ2) is 6.73. The van der Waals surface area contributed by atoms with Crippen LogP contribution in [0, 0.1) is 30.6 Å². The second-order valence-electron chi connectivity index (χ2n) is 8.25. The number of fused-ring (bicyclic) bond motifs is 5. The molecule has 1 saturated heterocycles. The molecule has 3 fully saturated rings. The fourth-order valence-electron chi connectivity index (χ4n) is 5.39. The van der Waals surface area contributed by atoms with Gasteiger partial charge in [-0.3, -0.25) is 14.5 Å². The van der Waals surface area contributed by atoms with Crippen molar-refractivity contribution in [2.24, 2.45) is 23.7 Å². The van der Waals surface area contributed by atoms with E-state index in [0.29, 0.717) is 11.3 Å². The van der Waals surface area contributed by atoms with Crippen molar-refractivity contribution >= 4 is 35.2 Å². The van der Waals surface area contributed by atoms with Gasteiger partial charge in [-0.15, -0.1) is 11.8 Å². The number of amides is 2. The van der Waals surface area contributed by atoms with E-state index in [1.807, 2.05) is 43.3 Å². The number of carbonyl (C=O) groups excluding carboxylic acids is 2. The third-order valence-electron chi connectivity index (χ3n) is 6.64. The summed E-state index contributed by atoms with van der Waals surface area (Å²) >= 11 is 1.56. The lowest BCUT2D eigenvalue weighted by atomic mass is 9.81. The maximum absolute atomic E-state index is 13.2. The zero-order chi connectivity index (χ0) is 20.3. The molecule has 0 unspecified atom stereocenters. The molecule has 2 amide bonds. The molecule has 5 rings (SSSR count). The SMILES string of the molecule is Cc1ccc(N2C(=O)[C@@H]3[C@H]4C[C@@H]([C@@H]3C2=O)[C@H](Sc2ccccc2C(=O)O)C4)cc1. The van der Waals surface area contributed by atoms with Crippen molar-refractivity contribution in [3.05, 3.63) is 59.7 Å². The van der Waals surface area contributed by atoms with Crippen LogP contribution in [0.25, 0.3) is 0 Å². The average Bonchev–Trinajstić information content (AvgIpc) is 3.34. The van der Waals surface area contributed by atoms with Gasteiger partial charge in [0.1, 0.15) is 0 Å². The number of hydrogen-bond acceptors (Lipinski definition) is 4. The molecule has 1 aliphatic heterocycles. The van der Waals surface area contributed by atoms with Crippen molar-refractivity contribution in [3.8, 4) is 0 Å². The summed E-state index contributed by atoms with van der Waals surface area (Å²) in [5, 5.41) is 9.62. The van der Waals surface area contributed by atoms with Crippen LogP contribution in [-0.4, -0.2) is 28.1 Å². The molecule has 5 atom stereocenters. The Morgan fingerprint density at radius 2 is 1.69 bits per heavy atom. The van der Waals surface area contributed by atoms with E-state index in [1.54, 1.807) is 23.9 Å². The maximum Gasteiger partial charge on any atom is 0.336 e. The van der Waals surface area contributed by atoms with Crippen molar-refractivity contribution in [1.29, 1.82) is 0 Å². The van der Waals surface area contributed by atoms with Gasteiger partial charge in [0, 0.05) is 10.1 Å². The van der Waals surface area contributed by atoms with Gasteiger partial charge < -0.3 is 5.11 Å². The first-order valence-electron chi connectivity index (χ1n) is 9.89. The van der Waals surface area contributed by atoms with Gasteiger partial charge in [-0.2, -0.15) is 0 Å². The van der Waals surface area contributed by atoms with Gasteiger partial charge in [0.15, 0.2) is 0 Å². The zero-order valence-corrected chi connectivity index (χ0v) is 16.8. The molecule has 1 heterocycles. The standard InChI is InChI=1S/C23H21NO4S/c1-12-6-8-14(9-7-12)24-21(25)19-13-10-16(20(19)22(24)26)18(11-13)29-17-5-3-2-4-15(17)23(27)28/h2-9,13,16,18-20H,10-11H2,1H3,(H,27,28)/t13-,16+,18+,19+,20-/m0/s1. The van der Waals surface area contributed by atoms with Crippen molar-refractivity contribution in [1.82, 2.24) is 0 Å². The Balaban J connectivity index is 1.41. The van der Waals surface area contributed by atoms with Crippen LogP contribution in [0.15, 0.2) is 53.4 Å². The number of aromatic carboxylic acids is 1. The molecule has 2 saturated carbocycles. The fourth-order valence-corrected chi connectivity index (χ4v) is 6.96. The van der Waals surface area contributed by atoms with Crippen molar-refractivity contribution < 1.29 is 19.5 Å². The third kappa shape index (κ3) is 2.81. The van der Waals surface area contributed by atoms with Gasteiger partial charge in [-0.05, 0) is 55.9 Å². The smallest absolute Gasteiger partial charge is 0.336 e. The lowest BCUT2D eigenvalue weighted by molar-refractivity contribution is -0.123. The van der Waals surface area contributed by atoms with Crippen LogP contribution in [0.5, 0.6) is 0 Å². The first-order valence-corrected chi connectivity index (χ1v) is 10.8. The van der Waals surface area contributed by atoms with E-state index >= 15 is 0 Å². The molecule has 0 spiro atoms. The van der Waals surface area contributed by atoms with Crippen LogP contribution < -0.4 is 4.90 Å². The van der Waals surface area contributed by atoms with Crippen molar-refractivity contribution in [2.45, 2.75) is 29.9 Å². The Hall–Kier alpha value is -2.60. The number of thioether (sulfide) groups is 1. The topological polar surface area (TPSA) is 74.7 Å². The molecule has 29 heavy (non-hydrogen) atoms. The number of benzene rings is 2. The predicted molar refractivity (Wildman–Crippen MR) is 110 cm³/mol. The highest BCUT2D eigenvalue weighted by Crippen LogP contribution is 2.60. The number of carbonyl (C=O) groups is 3. The van der Waals surface area contributed by atoms with Crippen LogP contribution in [-0.2, 0) is 9.59 Å². The first kappa shape index (κ1) is 18.4. The molecule has 2 aliphatic carbocycles. The average molecular weight is 407 g/mol. The number of carboxylic acid groups (broad SMARTS) is 1. The lowest BCUT2D eigenvalue weighted by Gasteiger charge is -2.28. The monoisotopic (exact) mass is 407 g/mol. The van der Waals surface area contributed by atoms with E-state index in [1.165, 1.54) is 4.90 Å². The Kier molecular flexibility index (Phi) is 4.28. The Labute approximate surface area is 173 Å². The summed E-state index contributed by atoms with van der Waals surface area (Å²) in [5.74, 6) is -1.28. The van der Waals surface area contributed by atoms with Crippen LogP contribution in [0.3, 0.4) is 0 Å². The summed E-state index contributed by atoms with van der Waals surface area (Å²) < 4.78 is 0. The largest absolute Gasteiger partial charge is 0.478 e. The number of carboxylic acids is 1. The van der Waals surface area contributed by atoms with E-state index < -0.39 is 5.97 Å². The Morgan fingerprint density at radius 1 is 1.00 bits per heavy atom. The van der Waals surface area contributed by atoms with Crippen molar-refractivity contribution in [3.63, 3.8) is 0 Å². The highest BCUT2D eigenvalue weighted by atomic mass is 32.2. The van der Waals surface area contributed by atoms with E-state index in [4.69, 9.17) is 0 Å². The number of aryl methyl sites for hydroxylation is 1. The van der Waals surface area contributed by atoms with E-state index in [2.05, 4.69) is 0 Å². The zero-order valence-electron chi connectivity index (χ0n) is 15.9. The minimum absolute atomic E-state index is 0.0641. The van der Waals surface area contributed by atoms with Crippen molar-refractivity contribution in [2.75, 3.05) is 4.90 Å². The van der Waals surface area contributed by atoms with Crippen LogP contribution in [0.4, 0.5) is 5.69 Å². The second-order valence-corrected chi connectivity index (χ2v) is 9.53. The van der Waals surface area contributed by atoms with Gasteiger partial charge in [-0.25, -0.2) is 4.79 Å². The number of nitrogens with zero attached hydrogens (tertiary/aromatic N) is 1. The van der Waals surface area contributed by atoms with Crippen LogP contribution in [0.1, 0.15) is 28.8 Å². The summed E-state index contributed by atoms with van der Waals surface area (Å²) in [6, 6.07) is 14.5. The molecule has 2 aromatic rings. The molecule has 0 aromatic heterocycles. The normalized spacial score (nSPS) is 30.1. The van der Waals surface area contributed by atoms with Crippen LogP contribution in [0.2, 0.25) is 0 Å². The summed E-state index contributed by atoms with van der Waals surface area (Å²) in [5.41, 5.74) is 2.04. The highest BCUT2D eigenvalue weighted by molar-refractivity contribution is 8.00. The molecule has 2 bridgehead atoms. The molecule has 148 valence electrons. The molecule has 6 heteroatoms. The summed E-state index contributed by atoms with van der Waals surface area (Å²) in [4.78, 5) is 40.0. The van der Waals surface area contributed by atoms with Crippen LogP contribution >= 0.6 is 11.8 Å². The minimum atomic E-state index is -0.938. The number of imide groups is 1. The number of rotatable bonds is 4. The summed E-state index contributed by atoms with van der Waals surface area (Å²) in [7, 11) is 0. The molecule has 0 radical (unpaired) electrons. The highest BCUT2D eigenvalue weighted by Gasteiger charge is 2.64. The Bertz CT molecular complexity index is 1020. The Morgan fingerprint density at radius 3 is 2.41 bits per heavy atom. The molecule has 3 aliphatic rings. The van der Waals surface area contributed by atoms with Gasteiger partial charge in [0.2, 0.25) is 11.8 Å². The maximum atomic E-state index is 13.2. The first-order chi connectivity index (χ1) is 14.0. The molecular formula is C23H21NO4S. The fraction of sp³-hybridized carbons (Fsp3) is 0.348.